The molecule has 0 atom stereocenters. The van der Waals surface area contributed by atoms with Gasteiger partial charge in [0, 0.05) is 13.6 Å². The summed E-state index contributed by atoms with van der Waals surface area (Å²) in [6, 6.07) is 15.8. The lowest BCUT2D eigenvalue weighted by molar-refractivity contribution is 0.322. The second-order valence-corrected chi connectivity index (χ2v) is 5.88. The fraction of sp³-hybridized carbons (Fsp3) is 0.381. The second kappa shape index (κ2) is 11.7. The van der Waals surface area contributed by atoms with Gasteiger partial charge in [0.2, 0.25) is 0 Å². The molecule has 0 spiro atoms. The number of ether oxygens (including phenoxy) is 3. The molecule has 0 unspecified atom stereocenters. The maximum absolute atomic E-state index is 5.66. The Morgan fingerprint density at radius 3 is 2.37 bits per heavy atom. The van der Waals surface area contributed by atoms with Crippen molar-refractivity contribution in [2.24, 2.45) is 4.99 Å². The number of aryl methyl sites for hydroxylation is 1. The van der Waals surface area contributed by atoms with Gasteiger partial charge in [-0.25, -0.2) is 0 Å². The lowest BCUT2D eigenvalue weighted by Gasteiger charge is -2.13. The molecule has 6 nitrogen and oxygen atoms in total. The number of nitrogens with one attached hydrogen (secondary N) is 2. The minimum absolute atomic E-state index is 0.580. The Morgan fingerprint density at radius 1 is 0.926 bits per heavy atom. The van der Waals surface area contributed by atoms with Gasteiger partial charge in [0.1, 0.15) is 12.4 Å². The predicted molar refractivity (Wildman–Crippen MR) is 109 cm³/mol. The molecule has 0 radical (unpaired) electrons. The van der Waals surface area contributed by atoms with Gasteiger partial charge in [-0.15, -0.1) is 0 Å². The largest absolute Gasteiger partial charge is 0.493 e. The molecule has 0 aliphatic rings. The van der Waals surface area contributed by atoms with Gasteiger partial charge >= 0.3 is 0 Å². The number of para-hydroxylation sites is 1. The number of benzene rings is 2. The Labute approximate surface area is 161 Å². The predicted octanol–water partition coefficient (Wildman–Crippen LogP) is 2.88. The van der Waals surface area contributed by atoms with Crippen molar-refractivity contribution in [1.82, 2.24) is 10.6 Å². The molecule has 0 fully saturated rings. The zero-order valence-corrected chi connectivity index (χ0v) is 16.3. The lowest BCUT2D eigenvalue weighted by atomic mass is 10.1. The lowest BCUT2D eigenvalue weighted by Crippen LogP contribution is -2.39. The van der Waals surface area contributed by atoms with Crippen LogP contribution in [0.25, 0.3) is 0 Å². The molecule has 6 heteroatoms. The van der Waals surface area contributed by atoms with Crippen molar-refractivity contribution in [2.75, 3.05) is 41.0 Å². The minimum Gasteiger partial charge on any atom is -0.493 e. The first-order chi connectivity index (χ1) is 13.3. The molecule has 27 heavy (non-hydrogen) atoms. The maximum Gasteiger partial charge on any atom is 0.191 e. The van der Waals surface area contributed by atoms with E-state index in [9.17, 15) is 0 Å². The highest BCUT2D eigenvalue weighted by molar-refractivity contribution is 5.79. The van der Waals surface area contributed by atoms with E-state index in [-0.39, 0.29) is 0 Å². The summed E-state index contributed by atoms with van der Waals surface area (Å²) in [5.41, 5.74) is 1.22. The van der Waals surface area contributed by atoms with Crippen LogP contribution in [-0.4, -0.2) is 46.9 Å². The van der Waals surface area contributed by atoms with Gasteiger partial charge < -0.3 is 24.8 Å². The molecule has 0 saturated heterocycles. The molecule has 0 amide bonds. The van der Waals surface area contributed by atoms with Crippen LogP contribution in [0.15, 0.2) is 53.5 Å². The van der Waals surface area contributed by atoms with Gasteiger partial charge in [-0.1, -0.05) is 24.3 Å². The van der Waals surface area contributed by atoms with Gasteiger partial charge in [-0.3, -0.25) is 4.99 Å². The molecular formula is C21H29N3O3. The molecule has 0 saturated carbocycles. The first-order valence-electron chi connectivity index (χ1n) is 9.10. The van der Waals surface area contributed by atoms with E-state index in [1.807, 2.05) is 42.5 Å². The average Bonchev–Trinajstić information content (AvgIpc) is 2.73. The third-order valence-electron chi connectivity index (χ3n) is 4.01. The van der Waals surface area contributed by atoms with Crippen LogP contribution in [0, 0.1) is 0 Å². The Balaban J connectivity index is 1.64. The molecule has 146 valence electrons. The van der Waals surface area contributed by atoms with Crippen LogP contribution in [-0.2, 0) is 6.42 Å². The monoisotopic (exact) mass is 371 g/mol. The zero-order valence-electron chi connectivity index (χ0n) is 16.3. The smallest absolute Gasteiger partial charge is 0.191 e. The van der Waals surface area contributed by atoms with Crippen LogP contribution in [0.5, 0.6) is 17.2 Å². The number of methoxy groups -OCH3 is 2. The van der Waals surface area contributed by atoms with E-state index in [4.69, 9.17) is 14.2 Å². The third kappa shape index (κ3) is 7.09. The van der Waals surface area contributed by atoms with E-state index < -0.39 is 0 Å². The van der Waals surface area contributed by atoms with Crippen LogP contribution in [0.3, 0.4) is 0 Å². The molecule has 0 heterocycles. The topological polar surface area (TPSA) is 64.1 Å². The molecule has 0 aliphatic heterocycles. The standard InChI is InChI=1S/C21H29N3O3/c1-22-21(24-14-15-27-18-9-5-4-6-10-18)23-13-7-8-17-11-12-19(25-2)20(16-17)26-3/h4-6,9-12,16H,7-8,13-15H2,1-3H3,(H2,22,23,24). The van der Waals surface area contributed by atoms with Crippen molar-refractivity contribution in [1.29, 1.82) is 0 Å². The number of hydrogen-bond donors (Lipinski definition) is 2. The summed E-state index contributed by atoms with van der Waals surface area (Å²) in [6.07, 6.45) is 1.93. The summed E-state index contributed by atoms with van der Waals surface area (Å²) < 4.78 is 16.3. The Morgan fingerprint density at radius 2 is 1.67 bits per heavy atom. The molecule has 0 aliphatic carbocycles. The number of hydrogen-bond acceptors (Lipinski definition) is 4. The molecule has 2 aromatic carbocycles. The van der Waals surface area contributed by atoms with Gasteiger partial charge in [-0.2, -0.15) is 0 Å². The zero-order chi connectivity index (χ0) is 19.3. The quantitative estimate of drug-likeness (QED) is 0.382. The highest BCUT2D eigenvalue weighted by Gasteiger charge is 2.04. The summed E-state index contributed by atoms with van der Waals surface area (Å²) >= 11 is 0. The van der Waals surface area contributed by atoms with Crippen LogP contribution in [0.4, 0.5) is 0 Å². The van der Waals surface area contributed by atoms with Crippen LogP contribution < -0.4 is 24.8 Å². The SMILES string of the molecule is CN=C(NCCCc1ccc(OC)c(OC)c1)NCCOc1ccccc1. The Bertz CT molecular complexity index is 705. The summed E-state index contributed by atoms with van der Waals surface area (Å²) in [4.78, 5) is 4.23. The van der Waals surface area contributed by atoms with Crippen LogP contribution in [0.1, 0.15) is 12.0 Å². The first kappa shape index (κ1) is 20.4. The highest BCUT2D eigenvalue weighted by atomic mass is 16.5. The average molecular weight is 371 g/mol. The fourth-order valence-electron chi connectivity index (χ4n) is 2.61. The van der Waals surface area contributed by atoms with Crippen molar-refractivity contribution in [3.05, 3.63) is 54.1 Å². The number of guanidine groups is 1. The van der Waals surface area contributed by atoms with Crippen molar-refractivity contribution >= 4 is 5.96 Å². The van der Waals surface area contributed by atoms with E-state index >= 15 is 0 Å². The Kier molecular flexibility index (Phi) is 8.83. The van der Waals surface area contributed by atoms with Crippen LogP contribution in [0.2, 0.25) is 0 Å². The number of rotatable bonds is 10. The summed E-state index contributed by atoms with van der Waals surface area (Å²) in [6.45, 7) is 2.09. The molecule has 2 N–H and O–H groups in total. The van der Waals surface area contributed by atoms with Gasteiger partial charge in [0.15, 0.2) is 17.5 Å². The molecular weight excluding hydrogens is 342 g/mol. The van der Waals surface area contributed by atoms with Gasteiger partial charge in [-0.05, 0) is 42.7 Å². The fourth-order valence-corrected chi connectivity index (χ4v) is 2.61. The summed E-state index contributed by atoms with van der Waals surface area (Å²) in [5, 5.41) is 6.57. The van der Waals surface area contributed by atoms with E-state index in [1.165, 1.54) is 5.56 Å². The van der Waals surface area contributed by atoms with Crippen molar-refractivity contribution in [3.8, 4) is 17.2 Å². The van der Waals surface area contributed by atoms with Crippen LogP contribution >= 0.6 is 0 Å². The number of aliphatic imine (C=N–C) groups is 1. The first-order valence-corrected chi connectivity index (χ1v) is 9.10. The normalized spacial score (nSPS) is 11.0. The highest BCUT2D eigenvalue weighted by Crippen LogP contribution is 2.27. The van der Waals surface area contributed by atoms with Crippen molar-refractivity contribution in [3.63, 3.8) is 0 Å². The minimum atomic E-state index is 0.580. The van der Waals surface area contributed by atoms with E-state index in [1.54, 1.807) is 21.3 Å². The van der Waals surface area contributed by atoms with Crippen molar-refractivity contribution < 1.29 is 14.2 Å². The third-order valence-corrected chi connectivity index (χ3v) is 4.01. The van der Waals surface area contributed by atoms with Gasteiger partial charge in [0.25, 0.3) is 0 Å². The molecule has 2 aromatic rings. The summed E-state index contributed by atoms with van der Waals surface area (Å²) in [7, 11) is 5.06. The second-order valence-electron chi connectivity index (χ2n) is 5.88. The maximum atomic E-state index is 5.66. The van der Waals surface area contributed by atoms with Crippen molar-refractivity contribution in [2.45, 2.75) is 12.8 Å². The summed E-state index contributed by atoms with van der Waals surface area (Å²) in [5.74, 6) is 3.16. The molecule has 2 rings (SSSR count). The number of nitrogens with zero attached hydrogens (tertiary/aromatic N) is 1. The van der Waals surface area contributed by atoms with E-state index in [0.717, 1.165) is 42.6 Å². The Hall–Kier alpha value is -2.89. The van der Waals surface area contributed by atoms with E-state index in [2.05, 4.69) is 21.7 Å². The molecule has 0 aromatic heterocycles. The molecule has 0 bridgehead atoms. The van der Waals surface area contributed by atoms with E-state index in [0.29, 0.717) is 13.2 Å². The van der Waals surface area contributed by atoms with Gasteiger partial charge in [0.05, 0.1) is 20.8 Å².